The Bertz CT molecular complexity index is 355. The normalized spacial score (nSPS) is 16.5. The molecule has 2 heterocycles. The first-order valence-electron chi connectivity index (χ1n) is 5.18. The summed E-state index contributed by atoms with van der Waals surface area (Å²) in [5, 5.41) is 8.63. The molecule has 0 radical (unpaired) electrons. The SMILES string of the molecule is CCn1ccnc1N1CC(CC(=O)O)C1. The molecular weight excluding hydrogens is 194 g/mol. The number of hydrogen-bond donors (Lipinski definition) is 1. The largest absolute Gasteiger partial charge is 0.481 e. The maximum Gasteiger partial charge on any atom is 0.303 e. The van der Waals surface area contributed by atoms with Gasteiger partial charge < -0.3 is 14.6 Å². The lowest BCUT2D eigenvalue weighted by Gasteiger charge is -2.39. The van der Waals surface area contributed by atoms with Crippen molar-refractivity contribution in [3.63, 3.8) is 0 Å². The highest BCUT2D eigenvalue weighted by molar-refractivity contribution is 5.67. The summed E-state index contributed by atoms with van der Waals surface area (Å²) in [6, 6.07) is 0. The zero-order chi connectivity index (χ0) is 10.8. The molecule has 2 rings (SSSR count). The summed E-state index contributed by atoms with van der Waals surface area (Å²) in [6.07, 6.45) is 3.99. The van der Waals surface area contributed by atoms with Crippen molar-refractivity contribution in [3.05, 3.63) is 12.4 Å². The van der Waals surface area contributed by atoms with Crippen molar-refractivity contribution in [3.8, 4) is 0 Å². The molecule has 0 aliphatic carbocycles. The first kappa shape index (κ1) is 10.0. The average Bonchev–Trinajstić information content (AvgIpc) is 2.57. The van der Waals surface area contributed by atoms with Gasteiger partial charge in [-0.1, -0.05) is 0 Å². The molecule has 82 valence electrons. The van der Waals surface area contributed by atoms with Crippen molar-refractivity contribution in [2.75, 3.05) is 18.0 Å². The molecule has 0 unspecified atom stereocenters. The van der Waals surface area contributed by atoms with Crippen LogP contribution in [-0.4, -0.2) is 33.7 Å². The Balaban J connectivity index is 1.91. The highest BCUT2D eigenvalue weighted by atomic mass is 16.4. The van der Waals surface area contributed by atoms with E-state index in [2.05, 4.69) is 21.4 Å². The molecule has 0 amide bonds. The van der Waals surface area contributed by atoms with Gasteiger partial charge in [0.2, 0.25) is 5.95 Å². The van der Waals surface area contributed by atoms with Gasteiger partial charge in [0, 0.05) is 37.9 Å². The molecule has 1 fully saturated rings. The van der Waals surface area contributed by atoms with Gasteiger partial charge in [0.25, 0.3) is 0 Å². The Morgan fingerprint density at radius 3 is 3.00 bits per heavy atom. The van der Waals surface area contributed by atoms with Crippen LogP contribution in [0.1, 0.15) is 13.3 Å². The quantitative estimate of drug-likeness (QED) is 0.797. The molecule has 0 saturated carbocycles. The molecule has 0 aromatic carbocycles. The summed E-state index contributed by atoms with van der Waals surface area (Å²) >= 11 is 0. The summed E-state index contributed by atoms with van der Waals surface area (Å²) in [7, 11) is 0. The number of aliphatic carboxylic acids is 1. The number of hydrogen-bond acceptors (Lipinski definition) is 3. The number of carboxylic acids is 1. The Kier molecular flexibility index (Phi) is 2.62. The van der Waals surface area contributed by atoms with E-state index in [1.165, 1.54) is 0 Å². The molecule has 15 heavy (non-hydrogen) atoms. The first-order chi connectivity index (χ1) is 7.20. The van der Waals surface area contributed by atoms with Gasteiger partial charge >= 0.3 is 5.97 Å². The van der Waals surface area contributed by atoms with E-state index < -0.39 is 5.97 Å². The lowest BCUT2D eigenvalue weighted by Crippen LogP contribution is -2.48. The Labute approximate surface area is 88.3 Å². The fourth-order valence-corrected chi connectivity index (χ4v) is 1.94. The number of anilines is 1. The summed E-state index contributed by atoms with van der Waals surface area (Å²) in [5.41, 5.74) is 0. The van der Waals surface area contributed by atoms with Crippen LogP contribution in [0.15, 0.2) is 12.4 Å². The Morgan fingerprint density at radius 2 is 2.40 bits per heavy atom. The Morgan fingerprint density at radius 1 is 1.67 bits per heavy atom. The average molecular weight is 209 g/mol. The van der Waals surface area contributed by atoms with Crippen LogP contribution < -0.4 is 4.90 Å². The number of rotatable bonds is 4. The van der Waals surface area contributed by atoms with Gasteiger partial charge in [-0.3, -0.25) is 4.79 Å². The van der Waals surface area contributed by atoms with Crippen LogP contribution in [0.25, 0.3) is 0 Å². The van der Waals surface area contributed by atoms with Gasteiger partial charge in [-0.05, 0) is 6.92 Å². The maximum absolute atomic E-state index is 10.5. The molecule has 5 heteroatoms. The lowest BCUT2D eigenvalue weighted by atomic mass is 9.97. The smallest absolute Gasteiger partial charge is 0.303 e. The fraction of sp³-hybridized carbons (Fsp3) is 0.600. The Hall–Kier alpha value is -1.52. The summed E-state index contributed by atoms with van der Waals surface area (Å²) in [6.45, 7) is 4.59. The molecule has 1 aromatic rings. The van der Waals surface area contributed by atoms with Gasteiger partial charge in [0.1, 0.15) is 0 Å². The number of aromatic nitrogens is 2. The molecule has 0 spiro atoms. The molecule has 1 aliphatic rings. The zero-order valence-electron chi connectivity index (χ0n) is 8.76. The maximum atomic E-state index is 10.5. The minimum atomic E-state index is -0.710. The van der Waals surface area contributed by atoms with Crippen LogP contribution in [0.4, 0.5) is 5.95 Å². The van der Waals surface area contributed by atoms with Crippen molar-refractivity contribution in [1.29, 1.82) is 0 Å². The third kappa shape index (κ3) is 1.95. The van der Waals surface area contributed by atoms with Gasteiger partial charge in [0.15, 0.2) is 0 Å². The number of nitrogens with zero attached hydrogens (tertiary/aromatic N) is 3. The van der Waals surface area contributed by atoms with E-state index in [1.807, 2.05) is 6.20 Å². The second-order valence-corrected chi connectivity index (χ2v) is 3.88. The van der Waals surface area contributed by atoms with Gasteiger partial charge in [-0.25, -0.2) is 4.98 Å². The molecule has 1 N–H and O–H groups in total. The summed E-state index contributed by atoms with van der Waals surface area (Å²) < 4.78 is 2.07. The van der Waals surface area contributed by atoms with E-state index in [4.69, 9.17) is 5.11 Å². The van der Waals surface area contributed by atoms with Crippen LogP contribution in [0.2, 0.25) is 0 Å². The second-order valence-electron chi connectivity index (χ2n) is 3.88. The topological polar surface area (TPSA) is 58.4 Å². The van der Waals surface area contributed by atoms with E-state index in [9.17, 15) is 4.79 Å². The summed E-state index contributed by atoms with van der Waals surface area (Å²) in [4.78, 5) is 16.9. The zero-order valence-corrected chi connectivity index (χ0v) is 8.76. The molecule has 1 aliphatic heterocycles. The van der Waals surface area contributed by atoms with E-state index in [1.54, 1.807) is 6.20 Å². The third-order valence-corrected chi connectivity index (χ3v) is 2.74. The minimum absolute atomic E-state index is 0.267. The predicted molar refractivity (Wildman–Crippen MR) is 55.9 cm³/mol. The van der Waals surface area contributed by atoms with Crippen LogP contribution in [0.3, 0.4) is 0 Å². The number of carboxylic acid groups (broad SMARTS) is 1. The van der Waals surface area contributed by atoms with Gasteiger partial charge in [-0.15, -0.1) is 0 Å². The molecule has 0 atom stereocenters. The van der Waals surface area contributed by atoms with Crippen molar-refractivity contribution >= 4 is 11.9 Å². The summed E-state index contributed by atoms with van der Waals surface area (Å²) in [5.74, 6) is 0.530. The lowest BCUT2D eigenvalue weighted by molar-refractivity contribution is -0.138. The van der Waals surface area contributed by atoms with Crippen molar-refractivity contribution in [2.45, 2.75) is 19.9 Å². The van der Waals surface area contributed by atoms with Crippen LogP contribution in [0, 0.1) is 5.92 Å². The fourth-order valence-electron chi connectivity index (χ4n) is 1.94. The highest BCUT2D eigenvalue weighted by Crippen LogP contribution is 2.24. The number of imidazole rings is 1. The highest BCUT2D eigenvalue weighted by Gasteiger charge is 2.30. The predicted octanol–water partition coefficient (Wildman–Crippen LogP) is 0.814. The van der Waals surface area contributed by atoms with Crippen molar-refractivity contribution < 1.29 is 9.90 Å². The standard InChI is InChI=1S/C10H15N3O2/c1-2-12-4-3-11-10(12)13-6-8(7-13)5-9(14)15/h3-4,8H,2,5-7H2,1H3,(H,14,15). The van der Waals surface area contributed by atoms with Crippen LogP contribution >= 0.6 is 0 Å². The second kappa shape index (κ2) is 3.92. The number of carbonyl (C=O) groups is 1. The monoisotopic (exact) mass is 209 g/mol. The molecule has 5 nitrogen and oxygen atoms in total. The van der Waals surface area contributed by atoms with E-state index in [-0.39, 0.29) is 12.3 Å². The molecule has 0 bridgehead atoms. The number of aryl methyl sites for hydroxylation is 1. The van der Waals surface area contributed by atoms with Crippen LogP contribution in [-0.2, 0) is 11.3 Å². The van der Waals surface area contributed by atoms with Crippen molar-refractivity contribution in [2.24, 2.45) is 5.92 Å². The van der Waals surface area contributed by atoms with E-state index in [0.29, 0.717) is 0 Å². The van der Waals surface area contributed by atoms with E-state index in [0.717, 1.165) is 25.6 Å². The van der Waals surface area contributed by atoms with Gasteiger partial charge in [-0.2, -0.15) is 0 Å². The van der Waals surface area contributed by atoms with Gasteiger partial charge in [0.05, 0.1) is 6.42 Å². The molecule has 1 saturated heterocycles. The third-order valence-electron chi connectivity index (χ3n) is 2.74. The van der Waals surface area contributed by atoms with Crippen LogP contribution in [0.5, 0.6) is 0 Å². The van der Waals surface area contributed by atoms with E-state index >= 15 is 0 Å². The molecular formula is C10H15N3O2. The van der Waals surface area contributed by atoms with Crippen molar-refractivity contribution in [1.82, 2.24) is 9.55 Å². The molecule has 1 aromatic heterocycles. The first-order valence-corrected chi connectivity index (χ1v) is 5.18. The minimum Gasteiger partial charge on any atom is -0.481 e.